The summed E-state index contributed by atoms with van der Waals surface area (Å²) in [6.07, 6.45) is 4.96. The van der Waals surface area contributed by atoms with E-state index in [9.17, 15) is 0 Å². The van der Waals surface area contributed by atoms with E-state index in [1.165, 1.54) is 5.56 Å². The number of rotatable bonds is 5. The number of hydrogen-bond donors (Lipinski definition) is 0. The first-order valence-electron chi connectivity index (χ1n) is 6.76. The minimum atomic E-state index is -0.179. The summed E-state index contributed by atoms with van der Waals surface area (Å²) in [6.45, 7) is 7.52. The van der Waals surface area contributed by atoms with E-state index in [0.717, 1.165) is 38.0 Å². The molecule has 0 radical (unpaired) electrons. The molecule has 1 fully saturated rings. The second kappa shape index (κ2) is 6.72. The standard InChI is InChI=1S/C16H22O2/c1-3-5-6-14-7-9-15(10-8-14)16-17-11-13(4-2)12-18-16/h3,7-10,13,16H,1,4-6,11-12H2,2H3. The minimum Gasteiger partial charge on any atom is -0.348 e. The fourth-order valence-electron chi connectivity index (χ4n) is 2.08. The summed E-state index contributed by atoms with van der Waals surface area (Å²) >= 11 is 0. The Morgan fingerprint density at radius 1 is 1.22 bits per heavy atom. The fourth-order valence-corrected chi connectivity index (χ4v) is 2.08. The Labute approximate surface area is 110 Å². The van der Waals surface area contributed by atoms with E-state index in [1.807, 2.05) is 6.08 Å². The number of hydrogen-bond acceptors (Lipinski definition) is 2. The molecule has 0 spiro atoms. The van der Waals surface area contributed by atoms with Gasteiger partial charge < -0.3 is 9.47 Å². The Morgan fingerprint density at radius 2 is 1.89 bits per heavy atom. The maximum Gasteiger partial charge on any atom is 0.183 e. The normalized spacial score (nSPS) is 23.8. The van der Waals surface area contributed by atoms with Crippen molar-refractivity contribution in [3.8, 4) is 0 Å². The van der Waals surface area contributed by atoms with Crippen LogP contribution in [-0.4, -0.2) is 13.2 Å². The molecule has 0 unspecified atom stereocenters. The van der Waals surface area contributed by atoms with Crippen molar-refractivity contribution in [2.45, 2.75) is 32.5 Å². The lowest BCUT2D eigenvalue weighted by Gasteiger charge is -2.29. The number of allylic oxidation sites excluding steroid dienone is 1. The second-order valence-corrected chi connectivity index (χ2v) is 4.84. The van der Waals surface area contributed by atoms with E-state index in [-0.39, 0.29) is 6.29 Å². The number of aryl methyl sites for hydroxylation is 1. The molecule has 18 heavy (non-hydrogen) atoms. The van der Waals surface area contributed by atoms with Crippen molar-refractivity contribution in [1.82, 2.24) is 0 Å². The third-order valence-electron chi connectivity index (χ3n) is 3.43. The fraction of sp³-hybridized carbons (Fsp3) is 0.500. The molecule has 0 N–H and O–H groups in total. The topological polar surface area (TPSA) is 18.5 Å². The van der Waals surface area contributed by atoms with Crippen LogP contribution in [0.3, 0.4) is 0 Å². The zero-order valence-electron chi connectivity index (χ0n) is 11.1. The molecule has 1 aliphatic rings. The lowest BCUT2D eigenvalue weighted by Crippen LogP contribution is -2.26. The van der Waals surface area contributed by atoms with E-state index in [0.29, 0.717) is 5.92 Å². The van der Waals surface area contributed by atoms with Crippen LogP contribution in [0.1, 0.15) is 37.2 Å². The van der Waals surface area contributed by atoms with E-state index >= 15 is 0 Å². The summed E-state index contributed by atoms with van der Waals surface area (Å²) in [5.74, 6) is 0.549. The predicted molar refractivity (Wildman–Crippen MR) is 73.4 cm³/mol. The molecule has 0 aliphatic carbocycles. The van der Waals surface area contributed by atoms with Gasteiger partial charge in [-0.15, -0.1) is 6.58 Å². The quantitative estimate of drug-likeness (QED) is 0.734. The second-order valence-electron chi connectivity index (χ2n) is 4.84. The van der Waals surface area contributed by atoms with Crippen molar-refractivity contribution < 1.29 is 9.47 Å². The predicted octanol–water partition coefficient (Wildman–Crippen LogP) is 3.88. The molecule has 0 atom stereocenters. The van der Waals surface area contributed by atoms with Crippen LogP contribution in [0.2, 0.25) is 0 Å². The van der Waals surface area contributed by atoms with Crippen molar-refractivity contribution in [3.63, 3.8) is 0 Å². The van der Waals surface area contributed by atoms with E-state index < -0.39 is 0 Å². The molecule has 2 heteroatoms. The SMILES string of the molecule is C=CCCc1ccc(C2OCC(CC)CO2)cc1. The van der Waals surface area contributed by atoms with Crippen LogP contribution in [-0.2, 0) is 15.9 Å². The monoisotopic (exact) mass is 246 g/mol. The molecule has 1 heterocycles. The number of benzene rings is 1. The van der Waals surface area contributed by atoms with Crippen molar-refractivity contribution in [2.24, 2.45) is 5.92 Å². The molecule has 0 aromatic heterocycles. The summed E-state index contributed by atoms with van der Waals surface area (Å²) in [7, 11) is 0. The highest BCUT2D eigenvalue weighted by Gasteiger charge is 2.22. The first kappa shape index (κ1) is 13.3. The van der Waals surface area contributed by atoms with E-state index in [2.05, 4.69) is 37.8 Å². The smallest absolute Gasteiger partial charge is 0.183 e. The van der Waals surface area contributed by atoms with Gasteiger partial charge in [-0.1, -0.05) is 37.3 Å². The summed E-state index contributed by atoms with van der Waals surface area (Å²) in [5, 5.41) is 0. The molecule has 2 nitrogen and oxygen atoms in total. The Bertz CT molecular complexity index is 361. The largest absolute Gasteiger partial charge is 0.348 e. The molecule has 98 valence electrons. The lowest BCUT2D eigenvalue weighted by atomic mass is 10.1. The highest BCUT2D eigenvalue weighted by atomic mass is 16.7. The summed E-state index contributed by atoms with van der Waals surface area (Å²) < 4.78 is 11.5. The van der Waals surface area contributed by atoms with Gasteiger partial charge in [-0.25, -0.2) is 0 Å². The van der Waals surface area contributed by atoms with Crippen LogP contribution in [0.4, 0.5) is 0 Å². The Morgan fingerprint density at radius 3 is 2.44 bits per heavy atom. The highest BCUT2D eigenvalue weighted by Crippen LogP contribution is 2.26. The lowest BCUT2D eigenvalue weighted by molar-refractivity contribution is -0.205. The van der Waals surface area contributed by atoms with Gasteiger partial charge in [-0.05, 0) is 24.8 Å². The first-order valence-corrected chi connectivity index (χ1v) is 6.76. The van der Waals surface area contributed by atoms with Crippen LogP contribution in [0, 0.1) is 5.92 Å². The maximum atomic E-state index is 5.75. The van der Waals surface area contributed by atoms with Crippen molar-refractivity contribution in [1.29, 1.82) is 0 Å². The average molecular weight is 246 g/mol. The summed E-state index contributed by atoms with van der Waals surface area (Å²) in [6, 6.07) is 8.51. The molecular weight excluding hydrogens is 224 g/mol. The van der Waals surface area contributed by atoms with Crippen LogP contribution < -0.4 is 0 Å². The van der Waals surface area contributed by atoms with Crippen molar-refractivity contribution in [2.75, 3.05) is 13.2 Å². The van der Waals surface area contributed by atoms with Gasteiger partial charge in [0, 0.05) is 11.5 Å². The first-order chi connectivity index (χ1) is 8.83. The molecule has 0 bridgehead atoms. The summed E-state index contributed by atoms with van der Waals surface area (Å²) in [5.41, 5.74) is 2.45. The van der Waals surface area contributed by atoms with Gasteiger partial charge in [-0.2, -0.15) is 0 Å². The van der Waals surface area contributed by atoms with Gasteiger partial charge in [0.05, 0.1) is 13.2 Å². The molecule has 1 saturated heterocycles. The number of ether oxygens (including phenoxy) is 2. The van der Waals surface area contributed by atoms with Crippen LogP contribution >= 0.6 is 0 Å². The van der Waals surface area contributed by atoms with Crippen LogP contribution in [0.25, 0.3) is 0 Å². The highest BCUT2D eigenvalue weighted by molar-refractivity contribution is 5.24. The Hall–Kier alpha value is -1.12. The Kier molecular flexibility index (Phi) is 4.97. The van der Waals surface area contributed by atoms with Gasteiger partial charge in [0.2, 0.25) is 0 Å². The average Bonchev–Trinajstić information content (AvgIpc) is 2.46. The molecule has 1 aromatic carbocycles. The molecule has 2 rings (SSSR count). The zero-order chi connectivity index (χ0) is 12.8. The molecule has 1 aliphatic heterocycles. The maximum absolute atomic E-state index is 5.75. The summed E-state index contributed by atoms with van der Waals surface area (Å²) in [4.78, 5) is 0. The van der Waals surface area contributed by atoms with Crippen LogP contribution in [0.15, 0.2) is 36.9 Å². The van der Waals surface area contributed by atoms with E-state index in [4.69, 9.17) is 9.47 Å². The van der Waals surface area contributed by atoms with Gasteiger partial charge in [0.1, 0.15) is 0 Å². The Balaban J connectivity index is 1.91. The molecule has 0 amide bonds. The van der Waals surface area contributed by atoms with Gasteiger partial charge in [0.25, 0.3) is 0 Å². The van der Waals surface area contributed by atoms with Gasteiger partial charge >= 0.3 is 0 Å². The zero-order valence-corrected chi connectivity index (χ0v) is 11.1. The van der Waals surface area contributed by atoms with Gasteiger partial charge in [0.15, 0.2) is 6.29 Å². The van der Waals surface area contributed by atoms with Gasteiger partial charge in [-0.3, -0.25) is 0 Å². The molecule has 1 aromatic rings. The van der Waals surface area contributed by atoms with Crippen LogP contribution in [0.5, 0.6) is 0 Å². The third kappa shape index (κ3) is 3.44. The molecular formula is C16H22O2. The van der Waals surface area contributed by atoms with Crippen molar-refractivity contribution >= 4 is 0 Å². The van der Waals surface area contributed by atoms with Crippen molar-refractivity contribution in [3.05, 3.63) is 48.0 Å². The molecule has 0 saturated carbocycles. The van der Waals surface area contributed by atoms with E-state index in [1.54, 1.807) is 0 Å². The minimum absolute atomic E-state index is 0.179. The third-order valence-corrected chi connectivity index (χ3v) is 3.43.